The van der Waals surface area contributed by atoms with Gasteiger partial charge in [-0.15, -0.1) is 11.6 Å². The van der Waals surface area contributed by atoms with Gasteiger partial charge in [-0.05, 0) is 30.8 Å². The molecule has 0 aromatic heterocycles. The van der Waals surface area contributed by atoms with Crippen LogP contribution in [-0.4, -0.2) is 15.4 Å². The Morgan fingerprint density at radius 2 is 1.94 bits per heavy atom. The monoisotopic (exact) mass is 270 g/mol. The van der Waals surface area contributed by atoms with Gasteiger partial charge in [-0.3, -0.25) is 0 Å². The van der Waals surface area contributed by atoms with Crippen LogP contribution in [0, 0.1) is 0 Å². The summed E-state index contributed by atoms with van der Waals surface area (Å²) in [5.74, 6) is 1.04. The van der Waals surface area contributed by atoms with Crippen molar-refractivity contribution in [1.29, 1.82) is 0 Å². The highest BCUT2D eigenvalue weighted by Crippen LogP contribution is 2.18. The molecule has 1 rings (SSSR count). The topological polar surface area (TPSA) is 18.5 Å². The molecule has 0 saturated carbocycles. The maximum Gasteiger partial charge on any atom is 0.265 e. The van der Waals surface area contributed by atoms with Crippen molar-refractivity contribution in [3.8, 4) is 0 Å². The summed E-state index contributed by atoms with van der Waals surface area (Å²) in [6.45, 7) is 6.36. The fourth-order valence-electron chi connectivity index (χ4n) is 1.36. The van der Waals surface area contributed by atoms with E-state index in [1.165, 1.54) is 0 Å². The zero-order valence-corrected chi connectivity index (χ0v) is 12.5. The van der Waals surface area contributed by atoms with E-state index in [0.717, 1.165) is 11.1 Å². The highest BCUT2D eigenvalue weighted by molar-refractivity contribution is 6.70. The van der Waals surface area contributed by atoms with E-state index < -0.39 is 8.32 Å². The average Bonchev–Trinajstić information content (AvgIpc) is 2.27. The summed E-state index contributed by atoms with van der Waals surface area (Å²) in [4.78, 5) is 0. The van der Waals surface area contributed by atoms with Crippen molar-refractivity contribution in [3.05, 3.63) is 41.3 Å². The van der Waals surface area contributed by atoms with E-state index in [1.807, 2.05) is 30.3 Å². The molecule has 0 N–H and O–H groups in total. The van der Waals surface area contributed by atoms with Crippen molar-refractivity contribution in [2.45, 2.75) is 25.5 Å². The van der Waals surface area contributed by atoms with Gasteiger partial charge in [0.2, 0.25) is 8.32 Å². The molecule has 0 aliphatic carbocycles. The second kappa shape index (κ2) is 6.12. The highest BCUT2D eigenvalue weighted by atomic mass is 35.5. The molecular formula is C13H19ClO2Si. The molecule has 0 radical (unpaired) electrons. The highest BCUT2D eigenvalue weighted by Gasteiger charge is 2.18. The molecule has 0 spiro atoms. The van der Waals surface area contributed by atoms with Gasteiger partial charge in [-0.2, -0.15) is 0 Å². The fraction of sp³-hybridized carbons (Fsp3) is 0.385. The van der Waals surface area contributed by atoms with Crippen LogP contribution in [0.15, 0.2) is 30.2 Å². The number of methoxy groups -OCH3 is 1. The number of benzene rings is 1. The van der Waals surface area contributed by atoms with Gasteiger partial charge in [-0.1, -0.05) is 24.3 Å². The molecule has 0 heterocycles. The van der Waals surface area contributed by atoms with Crippen molar-refractivity contribution in [3.63, 3.8) is 0 Å². The van der Waals surface area contributed by atoms with Gasteiger partial charge in [0.25, 0.3) is 5.95 Å². The lowest BCUT2D eigenvalue weighted by Crippen LogP contribution is -2.25. The van der Waals surface area contributed by atoms with Gasteiger partial charge in [0.05, 0.1) is 7.11 Å². The minimum atomic E-state index is -1.65. The number of halogens is 1. The molecule has 0 unspecified atom stereocenters. The summed E-state index contributed by atoms with van der Waals surface area (Å²) in [5.41, 5.74) is 2.11. The van der Waals surface area contributed by atoms with Gasteiger partial charge >= 0.3 is 0 Å². The molecule has 17 heavy (non-hydrogen) atoms. The molecular weight excluding hydrogens is 252 g/mol. The predicted octanol–water partition coefficient (Wildman–Crippen LogP) is 4.22. The maximum absolute atomic E-state index is 5.89. The molecule has 0 aliphatic heterocycles. The SMILES string of the molecule is CO/C(=C/c1ccccc1CCl)O[Si](C)(C)C. The Kier molecular flexibility index (Phi) is 5.09. The largest absolute Gasteiger partial charge is 0.520 e. The molecule has 0 aliphatic rings. The number of rotatable bonds is 5. The lowest BCUT2D eigenvalue weighted by Gasteiger charge is -2.20. The summed E-state index contributed by atoms with van der Waals surface area (Å²) in [5, 5.41) is 0. The summed E-state index contributed by atoms with van der Waals surface area (Å²) in [7, 11) is -0.0287. The fourth-order valence-corrected chi connectivity index (χ4v) is 2.34. The zero-order valence-electron chi connectivity index (χ0n) is 10.8. The summed E-state index contributed by atoms with van der Waals surface area (Å²) in [6, 6.07) is 7.95. The van der Waals surface area contributed by atoms with Crippen LogP contribution in [-0.2, 0) is 15.0 Å². The lowest BCUT2D eigenvalue weighted by atomic mass is 10.1. The van der Waals surface area contributed by atoms with Gasteiger partial charge in [0.1, 0.15) is 0 Å². The summed E-state index contributed by atoms with van der Waals surface area (Å²) >= 11 is 5.89. The predicted molar refractivity (Wildman–Crippen MR) is 75.4 cm³/mol. The number of hydrogen-bond donors (Lipinski definition) is 0. The molecule has 0 bridgehead atoms. The first-order valence-corrected chi connectivity index (χ1v) is 9.49. The van der Waals surface area contributed by atoms with Crippen molar-refractivity contribution in [1.82, 2.24) is 0 Å². The Bertz CT molecular complexity index is 397. The molecule has 0 fully saturated rings. The number of ether oxygens (including phenoxy) is 1. The molecule has 94 valence electrons. The Balaban J connectivity index is 2.98. The maximum atomic E-state index is 5.89. The first-order valence-electron chi connectivity index (χ1n) is 5.55. The first kappa shape index (κ1) is 14.1. The first-order chi connectivity index (χ1) is 7.96. The van der Waals surface area contributed by atoms with Crippen LogP contribution in [0.3, 0.4) is 0 Å². The van der Waals surface area contributed by atoms with E-state index in [1.54, 1.807) is 7.11 Å². The zero-order chi connectivity index (χ0) is 12.9. The third-order valence-corrected chi connectivity index (χ3v) is 3.18. The Morgan fingerprint density at radius 3 is 2.47 bits per heavy atom. The summed E-state index contributed by atoms with van der Waals surface area (Å²) < 4.78 is 11.1. The molecule has 2 nitrogen and oxygen atoms in total. The van der Waals surface area contributed by atoms with Crippen LogP contribution in [0.1, 0.15) is 11.1 Å². The van der Waals surface area contributed by atoms with E-state index in [0.29, 0.717) is 11.8 Å². The lowest BCUT2D eigenvalue weighted by molar-refractivity contribution is 0.152. The Labute approximate surface area is 109 Å². The normalized spacial score (nSPS) is 12.4. The Hall–Kier alpha value is -0.933. The quantitative estimate of drug-likeness (QED) is 0.453. The minimum Gasteiger partial charge on any atom is -0.520 e. The van der Waals surface area contributed by atoms with Gasteiger partial charge in [0.15, 0.2) is 0 Å². The standard InChI is InChI=1S/C13H19ClO2Si/c1-15-13(16-17(2,3)4)9-11-7-5-6-8-12(11)10-14/h5-9H,10H2,1-4H3/b13-9-. The molecule has 0 saturated heterocycles. The molecule has 4 heteroatoms. The van der Waals surface area contributed by atoms with Crippen molar-refractivity contribution in [2.75, 3.05) is 7.11 Å². The third kappa shape index (κ3) is 4.83. The van der Waals surface area contributed by atoms with E-state index in [9.17, 15) is 0 Å². The van der Waals surface area contributed by atoms with Gasteiger partial charge in [0, 0.05) is 12.0 Å². The van der Waals surface area contributed by atoms with Crippen LogP contribution >= 0.6 is 11.6 Å². The number of hydrogen-bond acceptors (Lipinski definition) is 2. The molecule has 1 aromatic carbocycles. The van der Waals surface area contributed by atoms with E-state index in [-0.39, 0.29) is 0 Å². The second-order valence-electron chi connectivity index (χ2n) is 4.71. The Morgan fingerprint density at radius 1 is 1.29 bits per heavy atom. The molecule has 1 aromatic rings. The summed E-state index contributed by atoms with van der Waals surface area (Å²) in [6.07, 6.45) is 1.90. The van der Waals surface area contributed by atoms with E-state index in [2.05, 4.69) is 19.6 Å². The third-order valence-electron chi connectivity index (χ3n) is 2.08. The second-order valence-corrected chi connectivity index (χ2v) is 9.41. The molecule has 0 atom stereocenters. The average molecular weight is 271 g/mol. The smallest absolute Gasteiger partial charge is 0.265 e. The van der Waals surface area contributed by atoms with Gasteiger partial charge in [-0.25, -0.2) is 0 Å². The van der Waals surface area contributed by atoms with Crippen LogP contribution < -0.4 is 0 Å². The van der Waals surface area contributed by atoms with Crippen LogP contribution in [0.25, 0.3) is 6.08 Å². The number of alkyl halides is 1. The van der Waals surface area contributed by atoms with Crippen molar-refractivity contribution >= 4 is 26.0 Å². The van der Waals surface area contributed by atoms with Crippen LogP contribution in [0.2, 0.25) is 19.6 Å². The van der Waals surface area contributed by atoms with Crippen molar-refractivity contribution < 1.29 is 9.16 Å². The van der Waals surface area contributed by atoms with Crippen LogP contribution in [0.5, 0.6) is 0 Å². The van der Waals surface area contributed by atoms with Crippen molar-refractivity contribution in [2.24, 2.45) is 0 Å². The molecule has 0 amide bonds. The van der Waals surface area contributed by atoms with Crippen LogP contribution in [0.4, 0.5) is 0 Å². The minimum absolute atomic E-state index is 0.483. The van der Waals surface area contributed by atoms with E-state index >= 15 is 0 Å². The van der Waals surface area contributed by atoms with E-state index in [4.69, 9.17) is 20.8 Å². The van der Waals surface area contributed by atoms with Gasteiger partial charge < -0.3 is 9.16 Å².